The molecule has 3 rings (SSSR count). The zero-order valence-electron chi connectivity index (χ0n) is 14.5. The normalized spacial score (nSPS) is 16.7. The first-order valence-electron chi connectivity index (χ1n) is 8.28. The molecule has 7 nitrogen and oxygen atoms in total. The Labute approximate surface area is 146 Å². The molecule has 1 aliphatic rings. The summed E-state index contributed by atoms with van der Waals surface area (Å²) in [7, 11) is 3.28. The Morgan fingerprint density at radius 3 is 2.72 bits per heavy atom. The lowest BCUT2D eigenvalue weighted by molar-refractivity contribution is -0.129. The van der Waals surface area contributed by atoms with Gasteiger partial charge in [0.15, 0.2) is 0 Å². The van der Waals surface area contributed by atoms with Crippen molar-refractivity contribution in [2.24, 2.45) is 0 Å². The Balaban J connectivity index is 1.55. The van der Waals surface area contributed by atoms with Gasteiger partial charge in [0.1, 0.15) is 6.10 Å². The Hall–Kier alpha value is -2.83. The van der Waals surface area contributed by atoms with Gasteiger partial charge in [0.05, 0.1) is 24.3 Å². The van der Waals surface area contributed by atoms with Crippen LogP contribution in [0.3, 0.4) is 0 Å². The summed E-state index contributed by atoms with van der Waals surface area (Å²) in [5.41, 5.74) is 1.68. The minimum Gasteiger partial charge on any atom is -0.444 e. The number of hydrogen-bond donors (Lipinski definition) is 0. The second kappa shape index (κ2) is 7.38. The molecule has 1 atom stereocenters. The van der Waals surface area contributed by atoms with Crippen molar-refractivity contribution in [1.82, 2.24) is 19.6 Å². The molecule has 1 saturated heterocycles. The number of nitrogens with zero attached hydrogens (tertiary/aromatic N) is 4. The third-order valence-corrected chi connectivity index (χ3v) is 4.13. The smallest absolute Gasteiger partial charge is 0.409 e. The monoisotopic (exact) mass is 342 g/mol. The van der Waals surface area contributed by atoms with E-state index in [-0.39, 0.29) is 24.5 Å². The molecule has 0 aliphatic carbocycles. The van der Waals surface area contributed by atoms with E-state index in [4.69, 9.17) is 4.74 Å². The predicted octanol–water partition coefficient (Wildman–Crippen LogP) is 1.71. The zero-order valence-corrected chi connectivity index (χ0v) is 14.5. The average molecular weight is 342 g/mol. The molecule has 2 heterocycles. The quantitative estimate of drug-likeness (QED) is 0.848. The van der Waals surface area contributed by atoms with Gasteiger partial charge in [-0.05, 0) is 18.2 Å². The molecule has 1 aromatic carbocycles. The van der Waals surface area contributed by atoms with Crippen LogP contribution in [-0.4, -0.2) is 64.9 Å². The van der Waals surface area contributed by atoms with E-state index < -0.39 is 0 Å². The number of carbonyl (C=O) groups is 2. The number of aromatic nitrogens is 2. The first-order chi connectivity index (χ1) is 12.0. The Bertz CT molecular complexity index is 742. The minimum absolute atomic E-state index is 0.00159. The van der Waals surface area contributed by atoms with Crippen LogP contribution in [0, 0.1) is 0 Å². The largest absolute Gasteiger partial charge is 0.444 e. The van der Waals surface area contributed by atoms with Crippen LogP contribution in [0.25, 0.3) is 5.69 Å². The summed E-state index contributed by atoms with van der Waals surface area (Å²) in [6.45, 7) is 1.04. The van der Waals surface area contributed by atoms with Crippen LogP contribution >= 0.6 is 0 Å². The summed E-state index contributed by atoms with van der Waals surface area (Å²) < 4.78 is 7.10. The summed E-state index contributed by atoms with van der Waals surface area (Å²) >= 11 is 0. The fourth-order valence-electron chi connectivity index (χ4n) is 2.75. The van der Waals surface area contributed by atoms with E-state index in [9.17, 15) is 9.59 Å². The molecule has 1 fully saturated rings. The fourth-order valence-corrected chi connectivity index (χ4v) is 2.75. The SMILES string of the molecule is CN(C)C(=O)OC1CCN(C(=O)Cc2ccn(-c3ccccc3)n2)C1. The maximum absolute atomic E-state index is 12.5. The highest BCUT2D eigenvalue weighted by molar-refractivity contribution is 5.78. The van der Waals surface area contributed by atoms with Crippen molar-refractivity contribution in [3.05, 3.63) is 48.3 Å². The lowest BCUT2D eigenvalue weighted by Crippen LogP contribution is -2.33. The first kappa shape index (κ1) is 17.0. The molecule has 25 heavy (non-hydrogen) atoms. The molecule has 0 saturated carbocycles. The van der Waals surface area contributed by atoms with Crippen LogP contribution in [0.1, 0.15) is 12.1 Å². The maximum atomic E-state index is 12.5. The molecule has 1 aromatic heterocycles. The third kappa shape index (κ3) is 4.17. The highest BCUT2D eigenvalue weighted by Crippen LogP contribution is 2.15. The third-order valence-electron chi connectivity index (χ3n) is 4.13. The molecule has 0 bridgehead atoms. The number of carbonyl (C=O) groups excluding carboxylic acids is 2. The summed E-state index contributed by atoms with van der Waals surface area (Å²) in [5.74, 6) is 0.00159. The van der Waals surface area contributed by atoms with Gasteiger partial charge in [0, 0.05) is 33.3 Å². The Morgan fingerprint density at radius 1 is 1.24 bits per heavy atom. The van der Waals surface area contributed by atoms with Crippen LogP contribution in [0.4, 0.5) is 4.79 Å². The van der Waals surface area contributed by atoms with E-state index in [0.29, 0.717) is 19.5 Å². The van der Waals surface area contributed by atoms with Gasteiger partial charge in [-0.2, -0.15) is 5.10 Å². The second-order valence-electron chi connectivity index (χ2n) is 6.29. The molecule has 1 unspecified atom stereocenters. The molecular weight excluding hydrogens is 320 g/mol. The molecule has 0 spiro atoms. The first-order valence-corrected chi connectivity index (χ1v) is 8.28. The highest BCUT2D eigenvalue weighted by Gasteiger charge is 2.29. The lowest BCUT2D eigenvalue weighted by Gasteiger charge is -2.18. The van der Waals surface area contributed by atoms with Crippen molar-refractivity contribution < 1.29 is 14.3 Å². The van der Waals surface area contributed by atoms with Crippen molar-refractivity contribution in [2.45, 2.75) is 18.9 Å². The molecule has 0 radical (unpaired) electrons. The van der Waals surface area contributed by atoms with Gasteiger partial charge in [-0.1, -0.05) is 18.2 Å². The number of likely N-dealkylation sites (tertiary alicyclic amines) is 1. The van der Waals surface area contributed by atoms with Crippen molar-refractivity contribution >= 4 is 12.0 Å². The standard InChI is InChI=1S/C18H22N4O3/c1-20(2)18(24)25-16-9-10-21(13-16)17(23)12-14-8-11-22(19-14)15-6-4-3-5-7-15/h3-8,11,16H,9-10,12-13H2,1-2H3. The maximum Gasteiger partial charge on any atom is 0.409 e. The van der Waals surface area contributed by atoms with Crippen molar-refractivity contribution in [2.75, 3.05) is 27.2 Å². The van der Waals surface area contributed by atoms with E-state index in [2.05, 4.69) is 5.10 Å². The molecule has 132 valence electrons. The van der Waals surface area contributed by atoms with Crippen molar-refractivity contribution in [1.29, 1.82) is 0 Å². The highest BCUT2D eigenvalue weighted by atomic mass is 16.6. The van der Waals surface area contributed by atoms with Crippen LogP contribution in [0.2, 0.25) is 0 Å². The predicted molar refractivity (Wildman–Crippen MR) is 92.4 cm³/mol. The Kier molecular flexibility index (Phi) is 5.02. The van der Waals surface area contributed by atoms with E-state index in [0.717, 1.165) is 11.4 Å². The van der Waals surface area contributed by atoms with E-state index in [1.807, 2.05) is 42.6 Å². The average Bonchev–Trinajstić information content (AvgIpc) is 3.25. The second-order valence-corrected chi connectivity index (χ2v) is 6.29. The molecule has 0 N–H and O–H groups in total. The van der Waals surface area contributed by atoms with Gasteiger partial charge in [-0.15, -0.1) is 0 Å². The molecule has 2 amide bonds. The summed E-state index contributed by atoms with van der Waals surface area (Å²) in [5, 5.41) is 4.46. The van der Waals surface area contributed by atoms with Gasteiger partial charge < -0.3 is 14.5 Å². The molecule has 1 aliphatic heterocycles. The van der Waals surface area contributed by atoms with Crippen LogP contribution in [0.5, 0.6) is 0 Å². The number of rotatable bonds is 4. The molecule has 7 heteroatoms. The van der Waals surface area contributed by atoms with Crippen molar-refractivity contribution in [3.8, 4) is 5.69 Å². The number of para-hydroxylation sites is 1. The summed E-state index contributed by atoms with van der Waals surface area (Å²) in [6, 6.07) is 11.6. The van der Waals surface area contributed by atoms with E-state index >= 15 is 0 Å². The van der Waals surface area contributed by atoms with Crippen LogP contribution < -0.4 is 0 Å². The van der Waals surface area contributed by atoms with Crippen LogP contribution in [-0.2, 0) is 16.0 Å². The number of benzene rings is 1. The number of hydrogen-bond acceptors (Lipinski definition) is 4. The van der Waals surface area contributed by atoms with Gasteiger partial charge in [0.2, 0.25) is 5.91 Å². The summed E-state index contributed by atoms with van der Waals surface area (Å²) in [6.07, 6.45) is 2.16. The topological polar surface area (TPSA) is 67.7 Å². The van der Waals surface area contributed by atoms with Gasteiger partial charge >= 0.3 is 6.09 Å². The lowest BCUT2D eigenvalue weighted by atomic mass is 10.3. The molecule has 2 aromatic rings. The minimum atomic E-state index is -0.374. The zero-order chi connectivity index (χ0) is 17.8. The van der Waals surface area contributed by atoms with Gasteiger partial charge in [-0.3, -0.25) is 4.79 Å². The fraction of sp³-hybridized carbons (Fsp3) is 0.389. The van der Waals surface area contributed by atoms with Gasteiger partial charge in [-0.25, -0.2) is 9.48 Å². The van der Waals surface area contributed by atoms with Crippen molar-refractivity contribution in [3.63, 3.8) is 0 Å². The summed E-state index contributed by atoms with van der Waals surface area (Å²) in [4.78, 5) is 27.2. The number of ether oxygens (including phenoxy) is 1. The van der Waals surface area contributed by atoms with Crippen LogP contribution in [0.15, 0.2) is 42.6 Å². The number of amides is 2. The van der Waals surface area contributed by atoms with Gasteiger partial charge in [0.25, 0.3) is 0 Å². The van der Waals surface area contributed by atoms with E-state index in [1.165, 1.54) is 4.90 Å². The Morgan fingerprint density at radius 2 is 2.00 bits per heavy atom. The van der Waals surface area contributed by atoms with E-state index in [1.54, 1.807) is 23.7 Å². The molecular formula is C18H22N4O3.